The van der Waals surface area contributed by atoms with Crippen LogP contribution in [0.15, 0.2) is 0 Å². The van der Waals surface area contributed by atoms with Crippen LogP contribution in [-0.4, -0.2) is 31.2 Å². The van der Waals surface area contributed by atoms with E-state index >= 15 is 0 Å². The maximum atomic E-state index is 11.9. The smallest absolute Gasteiger partial charge is 0.467 e. The van der Waals surface area contributed by atoms with Crippen molar-refractivity contribution in [2.75, 3.05) is 7.11 Å². The highest BCUT2D eigenvalue weighted by molar-refractivity contribution is 5.87. The highest BCUT2D eigenvalue weighted by Crippen LogP contribution is 2.15. The molecular formula is C8H12F3NO3. The van der Waals surface area contributed by atoms with Gasteiger partial charge >= 0.3 is 18.1 Å². The second-order valence-corrected chi connectivity index (χ2v) is 2.84. The first kappa shape index (κ1) is 13.7. The van der Waals surface area contributed by atoms with E-state index in [0.717, 1.165) is 7.11 Å². The fourth-order valence-corrected chi connectivity index (χ4v) is 0.920. The number of nitrogens with one attached hydrogen (secondary N) is 1. The maximum Gasteiger partial charge on any atom is 0.471 e. The number of halogens is 3. The van der Waals surface area contributed by atoms with Crippen molar-refractivity contribution in [3.8, 4) is 0 Å². The van der Waals surface area contributed by atoms with Gasteiger partial charge in [0, 0.05) is 0 Å². The van der Waals surface area contributed by atoms with Gasteiger partial charge in [-0.25, -0.2) is 4.79 Å². The van der Waals surface area contributed by atoms with Crippen LogP contribution in [0.5, 0.6) is 0 Å². The van der Waals surface area contributed by atoms with Gasteiger partial charge in [0.05, 0.1) is 7.11 Å². The summed E-state index contributed by atoms with van der Waals surface area (Å²) in [5.41, 5.74) is 0. The molecule has 0 saturated carbocycles. The van der Waals surface area contributed by atoms with E-state index in [1.807, 2.05) is 0 Å². The minimum Gasteiger partial charge on any atom is -0.467 e. The summed E-state index contributed by atoms with van der Waals surface area (Å²) in [7, 11) is 1.05. The Morgan fingerprint density at radius 1 is 1.40 bits per heavy atom. The number of alkyl halides is 3. The summed E-state index contributed by atoms with van der Waals surface area (Å²) >= 11 is 0. The molecule has 0 aliphatic rings. The van der Waals surface area contributed by atoms with Gasteiger partial charge in [0.2, 0.25) is 0 Å². The molecule has 0 saturated heterocycles. The van der Waals surface area contributed by atoms with Gasteiger partial charge in [0.1, 0.15) is 6.04 Å². The maximum absolute atomic E-state index is 11.9. The summed E-state index contributed by atoms with van der Waals surface area (Å²) < 4.78 is 39.8. The third-order valence-electron chi connectivity index (χ3n) is 1.63. The molecule has 0 fully saturated rings. The third-order valence-corrected chi connectivity index (χ3v) is 1.63. The molecule has 0 bridgehead atoms. The van der Waals surface area contributed by atoms with Gasteiger partial charge in [0.25, 0.3) is 0 Å². The largest absolute Gasteiger partial charge is 0.471 e. The molecule has 7 heteroatoms. The van der Waals surface area contributed by atoms with Crippen LogP contribution in [0.25, 0.3) is 0 Å². The average molecular weight is 227 g/mol. The SMILES string of the molecule is CCCC(NC(=O)C(F)(F)F)C(=O)OC. The lowest BCUT2D eigenvalue weighted by molar-refractivity contribution is -0.175. The molecule has 1 atom stereocenters. The van der Waals surface area contributed by atoms with Crippen LogP contribution in [0.3, 0.4) is 0 Å². The van der Waals surface area contributed by atoms with Crippen LogP contribution in [-0.2, 0) is 14.3 Å². The molecule has 0 aromatic heterocycles. The van der Waals surface area contributed by atoms with E-state index in [0.29, 0.717) is 6.42 Å². The van der Waals surface area contributed by atoms with Crippen molar-refractivity contribution in [1.82, 2.24) is 5.32 Å². The number of amides is 1. The minimum absolute atomic E-state index is 0.106. The van der Waals surface area contributed by atoms with Crippen LogP contribution in [0.4, 0.5) is 13.2 Å². The normalized spacial score (nSPS) is 13.1. The Morgan fingerprint density at radius 3 is 2.27 bits per heavy atom. The van der Waals surface area contributed by atoms with E-state index in [4.69, 9.17) is 0 Å². The molecule has 0 aromatic carbocycles. The fourth-order valence-electron chi connectivity index (χ4n) is 0.920. The zero-order valence-electron chi connectivity index (χ0n) is 8.35. The molecule has 0 spiro atoms. The number of carbonyl (C=O) groups excluding carboxylic acids is 2. The Morgan fingerprint density at radius 2 is 1.93 bits per heavy atom. The van der Waals surface area contributed by atoms with Gasteiger partial charge in [-0.3, -0.25) is 4.79 Å². The van der Waals surface area contributed by atoms with Crippen molar-refractivity contribution in [1.29, 1.82) is 0 Å². The molecule has 1 unspecified atom stereocenters. The van der Waals surface area contributed by atoms with Gasteiger partial charge in [-0.1, -0.05) is 13.3 Å². The minimum atomic E-state index is -4.99. The van der Waals surface area contributed by atoms with Crippen molar-refractivity contribution in [3.63, 3.8) is 0 Å². The molecule has 0 heterocycles. The van der Waals surface area contributed by atoms with E-state index in [2.05, 4.69) is 4.74 Å². The molecule has 1 N–H and O–H groups in total. The number of esters is 1. The fraction of sp³-hybridized carbons (Fsp3) is 0.750. The number of hydrogen-bond donors (Lipinski definition) is 1. The zero-order chi connectivity index (χ0) is 12.1. The van der Waals surface area contributed by atoms with Gasteiger partial charge in [-0.15, -0.1) is 0 Å². The van der Waals surface area contributed by atoms with Gasteiger partial charge in [-0.2, -0.15) is 13.2 Å². The lowest BCUT2D eigenvalue weighted by Gasteiger charge is -2.16. The van der Waals surface area contributed by atoms with Crippen molar-refractivity contribution >= 4 is 11.9 Å². The zero-order valence-corrected chi connectivity index (χ0v) is 8.35. The molecule has 0 aromatic rings. The third kappa shape index (κ3) is 4.66. The number of hydrogen-bond acceptors (Lipinski definition) is 3. The van der Waals surface area contributed by atoms with Crippen molar-refractivity contribution in [2.45, 2.75) is 32.0 Å². The second kappa shape index (κ2) is 5.57. The van der Waals surface area contributed by atoms with Crippen molar-refractivity contribution in [3.05, 3.63) is 0 Å². The van der Waals surface area contributed by atoms with Crippen LogP contribution in [0.1, 0.15) is 19.8 Å². The molecule has 0 aliphatic heterocycles. The molecule has 15 heavy (non-hydrogen) atoms. The van der Waals surface area contributed by atoms with Crippen molar-refractivity contribution in [2.24, 2.45) is 0 Å². The Labute approximate surface area is 84.8 Å². The van der Waals surface area contributed by atoms with E-state index in [-0.39, 0.29) is 6.42 Å². The number of rotatable bonds is 4. The predicted octanol–water partition coefficient (Wildman–Crippen LogP) is 1.01. The quantitative estimate of drug-likeness (QED) is 0.729. The standard InChI is InChI=1S/C8H12F3NO3/c1-3-4-5(6(13)15-2)12-7(14)8(9,10)11/h5H,3-4H2,1-2H3,(H,12,14). The van der Waals surface area contributed by atoms with Crippen LogP contribution < -0.4 is 5.32 Å². The first-order valence-corrected chi connectivity index (χ1v) is 4.28. The molecule has 1 amide bonds. The van der Waals surface area contributed by atoms with E-state index in [1.165, 1.54) is 0 Å². The molecule has 0 aliphatic carbocycles. The average Bonchev–Trinajstić information content (AvgIpc) is 2.14. The van der Waals surface area contributed by atoms with Crippen LogP contribution in [0, 0.1) is 0 Å². The molecule has 88 valence electrons. The van der Waals surface area contributed by atoms with E-state index < -0.39 is 24.1 Å². The lowest BCUT2D eigenvalue weighted by Crippen LogP contribution is -2.47. The summed E-state index contributed by atoms with van der Waals surface area (Å²) in [6, 6.07) is -1.24. The highest BCUT2D eigenvalue weighted by atomic mass is 19.4. The Balaban J connectivity index is 4.42. The second-order valence-electron chi connectivity index (χ2n) is 2.84. The Kier molecular flexibility index (Phi) is 5.10. The summed E-state index contributed by atoms with van der Waals surface area (Å²) in [6.07, 6.45) is -4.42. The lowest BCUT2D eigenvalue weighted by atomic mass is 10.1. The van der Waals surface area contributed by atoms with E-state index in [1.54, 1.807) is 12.2 Å². The first-order valence-electron chi connectivity index (χ1n) is 4.28. The van der Waals surface area contributed by atoms with Gasteiger partial charge in [0.15, 0.2) is 0 Å². The highest BCUT2D eigenvalue weighted by Gasteiger charge is 2.40. The summed E-state index contributed by atoms with van der Waals surface area (Å²) in [5.74, 6) is -3.01. The van der Waals surface area contributed by atoms with Gasteiger partial charge < -0.3 is 10.1 Å². The molecule has 4 nitrogen and oxygen atoms in total. The molecular weight excluding hydrogens is 215 g/mol. The number of ether oxygens (including phenoxy) is 1. The monoisotopic (exact) mass is 227 g/mol. The Hall–Kier alpha value is -1.27. The number of carbonyl (C=O) groups is 2. The van der Waals surface area contributed by atoms with Crippen molar-refractivity contribution < 1.29 is 27.5 Å². The summed E-state index contributed by atoms with van der Waals surface area (Å²) in [5, 5.41) is 1.57. The topological polar surface area (TPSA) is 55.4 Å². The molecule has 0 rings (SSSR count). The predicted molar refractivity (Wildman–Crippen MR) is 44.9 cm³/mol. The Bertz CT molecular complexity index is 240. The summed E-state index contributed by atoms with van der Waals surface area (Å²) in [4.78, 5) is 21.5. The summed E-state index contributed by atoms with van der Waals surface area (Å²) in [6.45, 7) is 1.68. The molecule has 0 radical (unpaired) electrons. The van der Waals surface area contributed by atoms with Crippen LogP contribution in [0.2, 0.25) is 0 Å². The van der Waals surface area contributed by atoms with Gasteiger partial charge in [-0.05, 0) is 6.42 Å². The van der Waals surface area contributed by atoms with E-state index in [9.17, 15) is 22.8 Å². The number of methoxy groups -OCH3 is 1. The first-order chi connectivity index (χ1) is 6.82. The van der Waals surface area contributed by atoms with Crippen LogP contribution >= 0.6 is 0 Å².